The van der Waals surface area contributed by atoms with E-state index in [0.717, 1.165) is 61.4 Å². The van der Waals surface area contributed by atoms with Crippen molar-refractivity contribution in [1.29, 1.82) is 0 Å². The van der Waals surface area contributed by atoms with Crippen molar-refractivity contribution < 1.29 is 4.79 Å². The molecule has 1 aromatic carbocycles. The Morgan fingerprint density at radius 3 is 2.68 bits per heavy atom. The lowest BCUT2D eigenvalue weighted by atomic mass is 9.95. The van der Waals surface area contributed by atoms with Crippen LogP contribution in [0, 0.1) is 0 Å². The fourth-order valence-corrected chi connectivity index (χ4v) is 3.80. The lowest BCUT2D eigenvalue weighted by Gasteiger charge is -2.19. The number of carbonyl (C=O) groups is 1. The lowest BCUT2D eigenvalue weighted by Crippen LogP contribution is -2.26. The SMILES string of the molecule is O=C(Nc1cccc(N2CCCC2)c1)c1cc2c([nH]c1=O)CCCC2. The number of anilines is 2. The van der Waals surface area contributed by atoms with Crippen LogP contribution in [0.5, 0.6) is 0 Å². The number of hydrogen-bond acceptors (Lipinski definition) is 3. The van der Waals surface area contributed by atoms with Crippen LogP contribution in [-0.4, -0.2) is 24.0 Å². The summed E-state index contributed by atoms with van der Waals surface area (Å²) in [6, 6.07) is 9.62. The molecule has 0 saturated carbocycles. The second-order valence-electron chi connectivity index (χ2n) is 6.92. The van der Waals surface area contributed by atoms with E-state index >= 15 is 0 Å². The van der Waals surface area contributed by atoms with E-state index in [1.807, 2.05) is 18.2 Å². The Morgan fingerprint density at radius 1 is 1.04 bits per heavy atom. The number of aryl methyl sites for hydroxylation is 2. The van der Waals surface area contributed by atoms with Gasteiger partial charge in [-0.05, 0) is 68.4 Å². The van der Waals surface area contributed by atoms with E-state index in [9.17, 15) is 9.59 Å². The lowest BCUT2D eigenvalue weighted by molar-refractivity contribution is 0.102. The Hall–Kier alpha value is -2.56. The van der Waals surface area contributed by atoms with Crippen molar-refractivity contribution in [3.8, 4) is 0 Å². The topological polar surface area (TPSA) is 65.2 Å². The molecule has 2 N–H and O–H groups in total. The fourth-order valence-electron chi connectivity index (χ4n) is 3.80. The average molecular weight is 337 g/mol. The molecule has 130 valence electrons. The number of pyridine rings is 1. The van der Waals surface area contributed by atoms with Crippen molar-refractivity contribution in [2.45, 2.75) is 38.5 Å². The first-order chi connectivity index (χ1) is 12.2. The number of rotatable bonds is 3. The molecule has 2 heterocycles. The van der Waals surface area contributed by atoms with Crippen molar-refractivity contribution in [2.75, 3.05) is 23.3 Å². The molecular weight excluding hydrogens is 314 g/mol. The maximum Gasteiger partial charge on any atom is 0.261 e. The smallest absolute Gasteiger partial charge is 0.261 e. The van der Waals surface area contributed by atoms with Crippen LogP contribution in [0.2, 0.25) is 0 Å². The van der Waals surface area contributed by atoms with E-state index in [1.54, 1.807) is 6.07 Å². The largest absolute Gasteiger partial charge is 0.371 e. The highest BCUT2D eigenvalue weighted by Gasteiger charge is 2.18. The summed E-state index contributed by atoms with van der Waals surface area (Å²) in [7, 11) is 0. The summed E-state index contributed by atoms with van der Waals surface area (Å²) in [5.41, 5.74) is 3.84. The molecule has 2 aromatic rings. The number of H-pyrrole nitrogens is 1. The van der Waals surface area contributed by atoms with Crippen molar-refractivity contribution in [3.63, 3.8) is 0 Å². The fraction of sp³-hybridized carbons (Fsp3) is 0.400. The Kier molecular flexibility index (Phi) is 4.30. The number of amides is 1. The first-order valence-corrected chi connectivity index (χ1v) is 9.12. The molecule has 5 heteroatoms. The predicted molar refractivity (Wildman–Crippen MR) is 99.5 cm³/mol. The summed E-state index contributed by atoms with van der Waals surface area (Å²) >= 11 is 0. The number of benzene rings is 1. The normalized spacial score (nSPS) is 16.6. The van der Waals surface area contributed by atoms with E-state index in [0.29, 0.717) is 0 Å². The summed E-state index contributed by atoms with van der Waals surface area (Å²) in [6.07, 6.45) is 6.44. The standard InChI is InChI=1S/C20H23N3O2/c24-19(17-12-14-6-1-2-9-18(14)22-20(17)25)21-15-7-5-8-16(13-15)23-10-3-4-11-23/h5,7-8,12-13H,1-4,6,9-11H2,(H,21,24)(H,22,25). The molecule has 0 atom stereocenters. The molecule has 0 bridgehead atoms. The molecule has 5 nitrogen and oxygen atoms in total. The van der Waals surface area contributed by atoms with E-state index < -0.39 is 0 Å². The van der Waals surface area contributed by atoms with E-state index in [-0.39, 0.29) is 17.0 Å². The molecule has 1 fully saturated rings. The molecule has 1 saturated heterocycles. The van der Waals surface area contributed by atoms with Crippen LogP contribution in [0.4, 0.5) is 11.4 Å². The minimum atomic E-state index is -0.340. The predicted octanol–water partition coefficient (Wildman–Crippen LogP) is 3.11. The number of hydrogen-bond donors (Lipinski definition) is 2. The first-order valence-electron chi connectivity index (χ1n) is 9.12. The molecule has 4 rings (SSSR count). The molecular formula is C20H23N3O2. The molecule has 0 spiro atoms. The summed E-state index contributed by atoms with van der Waals surface area (Å²) in [4.78, 5) is 30.1. The van der Waals surface area contributed by atoms with Gasteiger partial charge >= 0.3 is 0 Å². The second kappa shape index (κ2) is 6.75. The van der Waals surface area contributed by atoms with Crippen LogP contribution in [0.15, 0.2) is 35.1 Å². The number of aromatic nitrogens is 1. The van der Waals surface area contributed by atoms with Gasteiger partial charge in [0.15, 0.2) is 0 Å². The van der Waals surface area contributed by atoms with Gasteiger partial charge in [0, 0.05) is 30.2 Å². The number of carbonyl (C=O) groups excluding carboxylic acids is 1. The number of fused-ring (bicyclic) bond motifs is 1. The summed E-state index contributed by atoms with van der Waals surface area (Å²) in [5.74, 6) is -0.340. The third kappa shape index (κ3) is 3.31. The monoisotopic (exact) mass is 337 g/mol. The van der Waals surface area contributed by atoms with E-state index in [4.69, 9.17) is 0 Å². The van der Waals surface area contributed by atoms with Crippen LogP contribution < -0.4 is 15.8 Å². The van der Waals surface area contributed by atoms with Gasteiger partial charge in [-0.1, -0.05) is 6.07 Å². The second-order valence-corrected chi connectivity index (χ2v) is 6.92. The zero-order valence-electron chi connectivity index (χ0n) is 14.3. The minimum absolute atomic E-state index is 0.201. The van der Waals surface area contributed by atoms with Gasteiger partial charge in [-0.25, -0.2) is 0 Å². The quantitative estimate of drug-likeness (QED) is 0.904. The van der Waals surface area contributed by atoms with Gasteiger partial charge in [0.05, 0.1) is 0 Å². The average Bonchev–Trinajstić information content (AvgIpc) is 3.16. The summed E-state index contributed by atoms with van der Waals surface area (Å²) in [6.45, 7) is 2.11. The van der Waals surface area contributed by atoms with E-state index in [1.165, 1.54) is 12.8 Å². The van der Waals surface area contributed by atoms with Gasteiger partial charge in [-0.2, -0.15) is 0 Å². The van der Waals surface area contributed by atoms with Crippen molar-refractivity contribution in [1.82, 2.24) is 4.98 Å². The zero-order chi connectivity index (χ0) is 17.2. The number of aromatic amines is 1. The Balaban J connectivity index is 1.56. The number of nitrogens with one attached hydrogen (secondary N) is 2. The van der Waals surface area contributed by atoms with Crippen LogP contribution >= 0.6 is 0 Å². The summed E-state index contributed by atoms with van der Waals surface area (Å²) < 4.78 is 0. The highest BCUT2D eigenvalue weighted by molar-refractivity contribution is 6.04. The van der Waals surface area contributed by atoms with Gasteiger partial charge in [0.2, 0.25) is 0 Å². The highest BCUT2D eigenvalue weighted by Crippen LogP contribution is 2.24. The van der Waals surface area contributed by atoms with Gasteiger partial charge in [0.1, 0.15) is 5.56 Å². The molecule has 1 amide bonds. The van der Waals surface area contributed by atoms with Gasteiger partial charge in [0.25, 0.3) is 11.5 Å². The molecule has 25 heavy (non-hydrogen) atoms. The van der Waals surface area contributed by atoms with Gasteiger partial charge < -0.3 is 15.2 Å². The Morgan fingerprint density at radius 2 is 1.84 bits per heavy atom. The van der Waals surface area contributed by atoms with Crippen molar-refractivity contribution in [2.24, 2.45) is 0 Å². The van der Waals surface area contributed by atoms with Crippen LogP contribution in [-0.2, 0) is 12.8 Å². The minimum Gasteiger partial charge on any atom is -0.371 e. The molecule has 1 aliphatic carbocycles. The molecule has 1 aromatic heterocycles. The van der Waals surface area contributed by atoms with Crippen molar-refractivity contribution >= 4 is 17.3 Å². The molecule has 0 radical (unpaired) electrons. The van der Waals surface area contributed by atoms with Gasteiger partial charge in [-0.15, -0.1) is 0 Å². The van der Waals surface area contributed by atoms with Crippen LogP contribution in [0.1, 0.15) is 47.3 Å². The van der Waals surface area contributed by atoms with Gasteiger partial charge in [-0.3, -0.25) is 9.59 Å². The van der Waals surface area contributed by atoms with Crippen molar-refractivity contribution in [3.05, 3.63) is 57.5 Å². The van der Waals surface area contributed by atoms with E-state index in [2.05, 4.69) is 21.3 Å². The number of nitrogens with zero attached hydrogens (tertiary/aromatic N) is 1. The van der Waals surface area contributed by atoms with Crippen LogP contribution in [0.3, 0.4) is 0 Å². The Labute approximate surface area is 147 Å². The van der Waals surface area contributed by atoms with Crippen LogP contribution in [0.25, 0.3) is 0 Å². The third-order valence-electron chi connectivity index (χ3n) is 5.16. The molecule has 0 unspecified atom stereocenters. The zero-order valence-corrected chi connectivity index (χ0v) is 14.3. The third-order valence-corrected chi connectivity index (χ3v) is 5.16. The molecule has 1 aliphatic heterocycles. The highest BCUT2D eigenvalue weighted by atomic mass is 16.2. The molecule has 2 aliphatic rings. The maximum atomic E-state index is 12.6. The maximum absolute atomic E-state index is 12.6. The Bertz CT molecular complexity index is 850. The summed E-state index contributed by atoms with van der Waals surface area (Å²) in [5, 5.41) is 2.88. The first kappa shape index (κ1) is 15.9.